The van der Waals surface area contributed by atoms with Crippen LogP contribution in [0.2, 0.25) is 0 Å². The van der Waals surface area contributed by atoms with E-state index in [1.165, 1.54) is 0 Å². The Hall–Kier alpha value is -1.68. The zero-order chi connectivity index (χ0) is 13.4. The second-order valence-corrected chi connectivity index (χ2v) is 5.18. The SMILES string of the molecule is c1ccc([C@H]2O[C@@H]3[C@@H](CO[C@H]3c3ccccc3)O2)cc1. The van der Waals surface area contributed by atoms with Gasteiger partial charge in [0, 0.05) is 5.56 Å². The van der Waals surface area contributed by atoms with Crippen LogP contribution in [-0.2, 0) is 14.2 Å². The molecule has 2 aliphatic rings. The van der Waals surface area contributed by atoms with Crippen LogP contribution in [0.5, 0.6) is 0 Å². The van der Waals surface area contributed by atoms with Crippen LogP contribution in [0.1, 0.15) is 23.5 Å². The molecule has 0 bridgehead atoms. The summed E-state index contributed by atoms with van der Waals surface area (Å²) in [7, 11) is 0. The molecule has 0 unspecified atom stereocenters. The Bertz CT molecular complexity index is 569. The predicted molar refractivity (Wildman–Crippen MR) is 74.1 cm³/mol. The van der Waals surface area contributed by atoms with Gasteiger partial charge in [-0.15, -0.1) is 0 Å². The van der Waals surface area contributed by atoms with Crippen LogP contribution in [0, 0.1) is 0 Å². The fraction of sp³-hybridized carbons (Fsp3) is 0.294. The normalized spacial score (nSPS) is 32.2. The largest absolute Gasteiger partial charge is 0.368 e. The highest BCUT2D eigenvalue weighted by atomic mass is 16.8. The molecule has 2 aliphatic heterocycles. The van der Waals surface area contributed by atoms with Crippen molar-refractivity contribution in [1.29, 1.82) is 0 Å². The highest BCUT2D eigenvalue weighted by Crippen LogP contribution is 2.42. The van der Waals surface area contributed by atoms with E-state index >= 15 is 0 Å². The first-order valence-corrected chi connectivity index (χ1v) is 6.94. The summed E-state index contributed by atoms with van der Waals surface area (Å²) in [5, 5.41) is 0. The van der Waals surface area contributed by atoms with Crippen molar-refractivity contribution in [3.8, 4) is 0 Å². The molecule has 102 valence electrons. The molecule has 0 aromatic heterocycles. The molecule has 2 fully saturated rings. The van der Waals surface area contributed by atoms with Crippen molar-refractivity contribution >= 4 is 0 Å². The van der Waals surface area contributed by atoms with Crippen LogP contribution in [-0.4, -0.2) is 18.8 Å². The smallest absolute Gasteiger partial charge is 0.184 e. The number of fused-ring (bicyclic) bond motifs is 1. The van der Waals surface area contributed by atoms with Gasteiger partial charge in [0.1, 0.15) is 18.3 Å². The summed E-state index contributed by atoms with van der Waals surface area (Å²) in [5.41, 5.74) is 2.21. The Morgan fingerprint density at radius 3 is 2.10 bits per heavy atom. The molecule has 2 aromatic carbocycles. The number of hydrogen-bond donors (Lipinski definition) is 0. The predicted octanol–water partition coefficient (Wildman–Crippen LogP) is 3.24. The average molecular weight is 268 g/mol. The van der Waals surface area contributed by atoms with Crippen molar-refractivity contribution in [2.75, 3.05) is 6.61 Å². The van der Waals surface area contributed by atoms with Crippen LogP contribution in [0.3, 0.4) is 0 Å². The van der Waals surface area contributed by atoms with Crippen LogP contribution in [0.25, 0.3) is 0 Å². The van der Waals surface area contributed by atoms with Gasteiger partial charge in [-0.1, -0.05) is 60.7 Å². The van der Waals surface area contributed by atoms with E-state index < -0.39 is 0 Å². The van der Waals surface area contributed by atoms with E-state index in [2.05, 4.69) is 12.1 Å². The summed E-state index contributed by atoms with van der Waals surface area (Å²) in [5.74, 6) is 0. The quantitative estimate of drug-likeness (QED) is 0.837. The van der Waals surface area contributed by atoms with Gasteiger partial charge in [-0.3, -0.25) is 0 Å². The summed E-state index contributed by atoms with van der Waals surface area (Å²) in [4.78, 5) is 0. The molecule has 20 heavy (non-hydrogen) atoms. The minimum absolute atomic E-state index is 0.0189. The lowest BCUT2D eigenvalue weighted by molar-refractivity contribution is -0.114. The molecule has 4 atom stereocenters. The maximum Gasteiger partial charge on any atom is 0.184 e. The van der Waals surface area contributed by atoms with Crippen LogP contribution in [0.15, 0.2) is 60.7 Å². The molecule has 2 aromatic rings. The van der Waals surface area contributed by atoms with E-state index in [0.717, 1.165) is 11.1 Å². The number of benzene rings is 2. The Morgan fingerprint density at radius 1 is 0.750 bits per heavy atom. The van der Waals surface area contributed by atoms with Crippen LogP contribution < -0.4 is 0 Å². The summed E-state index contributed by atoms with van der Waals surface area (Å²) in [6.45, 7) is 0.591. The molecule has 3 heteroatoms. The molecule has 0 amide bonds. The van der Waals surface area contributed by atoms with Gasteiger partial charge in [-0.2, -0.15) is 0 Å². The Kier molecular flexibility index (Phi) is 3.03. The molecule has 0 saturated carbocycles. The van der Waals surface area contributed by atoms with Crippen molar-refractivity contribution in [3.63, 3.8) is 0 Å². The van der Waals surface area contributed by atoms with Crippen molar-refractivity contribution in [2.45, 2.75) is 24.6 Å². The first kappa shape index (κ1) is 12.1. The minimum atomic E-state index is -0.277. The third-order valence-electron chi connectivity index (χ3n) is 3.88. The molecular formula is C17H16O3. The lowest BCUT2D eigenvalue weighted by atomic mass is 10.0. The van der Waals surface area contributed by atoms with E-state index in [1.54, 1.807) is 0 Å². The third-order valence-corrected chi connectivity index (χ3v) is 3.88. The molecule has 2 heterocycles. The zero-order valence-corrected chi connectivity index (χ0v) is 11.0. The number of rotatable bonds is 2. The Labute approximate surface area is 118 Å². The second-order valence-electron chi connectivity index (χ2n) is 5.18. The topological polar surface area (TPSA) is 27.7 Å². The first-order valence-electron chi connectivity index (χ1n) is 6.94. The third kappa shape index (κ3) is 2.04. The van der Waals surface area contributed by atoms with E-state index in [-0.39, 0.29) is 24.6 Å². The van der Waals surface area contributed by atoms with Crippen LogP contribution in [0.4, 0.5) is 0 Å². The van der Waals surface area contributed by atoms with E-state index in [0.29, 0.717) is 6.61 Å². The van der Waals surface area contributed by atoms with Gasteiger partial charge in [0.2, 0.25) is 0 Å². The zero-order valence-electron chi connectivity index (χ0n) is 11.0. The summed E-state index contributed by atoms with van der Waals surface area (Å²) in [6, 6.07) is 20.3. The summed E-state index contributed by atoms with van der Waals surface area (Å²) in [6.07, 6.45) is -0.316. The Balaban J connectivity index is 1.56. The number of ether oxygens (including phenoxy) is 3. The molecule has 2 saturated heterocycles. The summed E-state index contributed by atoms with van der Waals surface area (Å²) >= 11 is 0. The van der Waals surface area contributed by atoms with Gasteiger partial charge in [-0.05, 0) is 5.56 Å². The first-order chi connectivity index (χ1) is 9.92. The molecule has 4 rings (SSSR count). The van der Waals surface area contributed by atoms with E-state index in [1.807, 2.05) is 48.5 Å². The van der Waals surface area contributed by atoms with Crippen molar-refractivity contribution in [3.05, 3.63) is 71.8 Å². The fourth-order valence-electron chi connectivity index (χ4n) is 2.89. The van der Waals surface area contributed by atoms with Gasteiger partial charge in [0.25, 0.3) is 0 Å². The van der Waals surface area contributed by atoms with Crippen molar-refractivity contribution < 1.29 is 14.2 Å². The van der Waals surface area contributed by atoms with Gasteiger partial charge in [0.15, 0.2) is 6.29 Å². The monoisotopic (exact) mass is 268 g/mol. The molecule has 3 nitrogen and oxygen atoms in total. The van der Waals surface area contributed by atoms with Crippen LogP contribution >= 0.6 is 0 Å². The standard InChI is InChI=1S/C17H16O3/c1-3-7-12(8-4-1)15-16-14(11-18-15)19-17(20-16)13-9-5-2-6-10-13/h1-10,14-17H,11H2/t14-,15+,16-,17-/m1/s1. The Morgan fingerprint density at radius 2 is 1.40 bits per heavy atom. The van der Waals surface area contributed by atoms with E-state index in [9.17, 15) is 0 Å². The average Bonchev–Trinajstić information content (AvgIpc) is 3.09. The van der Waals surface area contributed by atoms with Gasteiger partial charge < -0.3 is 14.2 Å². The van der Waals surface area contributed by atoms with E-state index in [4.69, 9.17) is 14.2 Å². The highest BCUT2D eigenvalue weighted by Gasteiger charge is 2.47. The molecule has 0 spiro atoms. The summed E-state index contributed by atoms with van der Waals surface area (Å²) < 4.78 is 17.9. The highest BCUT2D eigenvalue weighted by molar-refractivity contribution is 5.22. The minimum Gasteiger partial charge on any atom is -0.368 e. The lowest BCUT2D eigenvalue weighted by Crippen LogP contribution is -2.21. The van der Waals surface area contributed by atoms with Gasteiger partial charge in [-0.25, -0.2) is 0 Å². The molecule has 0 N–H and O–H groups in total. The maximum absolute atomic E-state index is 6.09. The second kappa shape index (κ2) is 5.02. The fourth-order valence-corrected chi connectivity index (χ4v) is 2.89. The van der Waals surface area contributed by atoms with Gasteiger partial charge >= 0.3 is 0 Å². The molecule has 0 aliphatic carbocycles. The lowest BCUT2D eigenvalue weighted by Gasteiger charge is -2.18. The molecular weight excluding hydrogens is 252 g/mol. The van der Waals surface area contributed by atoms with Crippen molar-refractivity contribution in [2.24, 2.45) is 0 Å². The van der Waals surface area contributed by atoms with Gasteiger partial charge in [0.05, 0.1) is 6.61 Å². The van der Waals surface area contributed by atoms with Crippen molar-refractivity contribution in [1.82, 2.24) is 0 Å². The number of hydrogen-bond acceptors (Lipinski definition) is 3. The maximum atomic E-state index is 6.09. The molecule has 0 radical (unpaired) electrons.